The smallest absolute Gasteiger partial charge is 0.323 e. The van der Waals surface area contributed by atoms with E-state index in [0.717, 1.165) is 6.42 Å². The van der Waals surface area contributed by atoms with Gasteiger partial charge in [-0.2, -0.15) is 15.0 Å². The standard InChI is InChI=1S/C10H17N5O/c1-5(2)16-10-14-8(11)13-9(15-10)12-7-4-6(7)3/h5-7H,4H2,1-3H3,(H3,11,12,13,14,15). The second kappa shape index (κ2) is 4.11. The lowest BCUT2D eigenvalue weighted by Crippen LogP contribution is -2.14. The maximum absolute atomic E-state index is 5.58. The summed E-state index contributed by atoms with van der Waals surface area (Å²) in [6.07, 6.45) is 1.17. The van der Waals surface area contributed by atoms with Crippen LogP contribution in [0.3, 0.4) is 0 Å². The summed E-state index contributed by atoms with van der Waals surface area (Å²) < 4.78 is 5.38. The van der Waals surface area contributed by atoms with Crippen molar-refractivity contribution in [1.29, 1.82) is 0 Å². The molecule has 6 heteroatoms. The molecule has 2 atom stereocenters. The Morgan fingerprint density at radius 1 is 1.38 bits per heavy atom. The fraction of sp³-hybridized carbons (Fsp3) is 0.700. The molecule has 2 rings (SSSR count). The van der Waals surface area contributed by atoms with Crippen LogP contribution in [0.25, 0.3) is 0 Å². The first kappa shape index (κ1) is 10.9. The van der Waals surface area contributed by atoms with Gasteiger partial charge in [-0.3, -0.25) is 0 Å². The average Bonchev–Trinajstić information content (AvgIpc) is 2.78. The van der Waals surface area contributed by atoms with Crippen LogP contribution in [0.2, 0.25) is 0 Å². The first-order valence-electron chi connectivity index (χ1n) is 5.49. The van der Waals surface area contributed by atoms with Crippen molar-refractivity contribution < 1.29 is 4.74 Å². The Morgan fingerprint density at radius 2 is 2.06 bits per heavy atom. The van der Waals surface area contributed by atoms with Crippen LogP contribution in [0.5, 0.6) is 6.01 Å². The lowest BCUT2D eigenvalue weighted by atomic mass is 10.5. The van der Waals surface area contributed by atoms with Crippen molar-refractivity contribution in [2.75, 3.05) is 11.1 Å². The number of anilines is 2. The topological polar surface area (TPSA) is 86.0 Å². The zero-order valence-electron chi connectivity index (χ0n) is 9.77. The van der Waals surface area contributed by atoms with Crippen molar-refractivity contribution in [3.63, 3.8) is 0 Å². The highest BCUT2D eigenvalue weighted by molar-refractivity contribution is 5.35. The molecule has 1 fully saturated rings. The van der Waals surface area contributed by atoms with E-state index in [1.807, 2.05) is 13.8 Å². The summed E-state index contributed by atoms with van der Waals surface area (Å²) in [5.41, 5.74) is 5.58. The normalized spacial score (nSPS) is 23.2. The predicted molar refractivity (Wildman–Crippen MR) is 61.2 cm³/mol. The van der Waals surface area contributed by atoms with E-state index in [0.29, 0.717) is 17.9 Å². The van der Waals surface area contributed by atoms with Crippen LogP contribution < -0.4 is 15.8 Å². The van der Waals surface area contributed by atoms with Gasteiger partial charge in [0.05, 0.1) is 6.10 Å². The number of nitrogens with two attached hydrogens (primary N) is 1. The maximum atomic E-state index is 5.58. The number of nitrogen functional groups attached to an aromatic ring is 1. The van der Waals surface area contributed by atoms with Crippen molar-refractivity contribution >= 4 is 11.9 Å². The highest BCUT2D eigenvalue weighted by Gasteiger charge is 2.33. The zero-order chi connectivity index (χ0) is 11.7. The molecule has 0 amide bonds. The second-order valence-corrected chi connectivity index (χ2v) is 4.43. The van der Waals surface area contributed by atoms with Gasteiger partial charge in [0.15, 0.2) is 0 Å². The van der Waals surface area contributed by atoms with Gasteiger partial charge < -0.3 is 15.8 Å². The first-order chi connectivity index (χ1) is 7.54. The Kier molecular flexibility index (Phi) is 2.80. The molecule has 2 unspecified atom stereocenters. The number of ether oxygens (including phenoxy) is 1. The lowest BCUT2D eigenvalue weighted by Gasteiger charge is -2.09. The minimum Gasteiger partial charge on any atom is -0.461 e. The van der Waals surface area contributed by atoms with Gasteiger partial charge in [0.1, 0.15) is 0 Å². The van der Waals surface area contributed by atoms with E-state index in [1.54, 1.807) is 0 Å². The second-order valence-electron chi connectivity index (χ2n) is 4.43. The average molecular weight is 223 g/mol. The molecule has 0 aromatic carbocycles. The molecular weight excluding hydrogens is 206 g/mol. The van der Waals surface area contributed by atoms with E-state index < -0.39 is 0 Å². The molecule has 1 saturated carbocycles. The Balaban J connectivity index is 2.08. The van der Waals surface area contributed by atoms with Crippen LogP contribution in [-0.2, 0) is 0 Å². The zero-order valence-corrected chi connectivity index (χ0v) is 9.77. The van der Waals surface area contributed by atoms with Crippen LogP contribution >= 0.6 is 0 Å². The van der Waals surface area contributed by atoms with Gasteiger partial charge in [-0.05, 0) is 26.2 Å². The molecule has 16 heavy (non-hydrogen) atoms. The minimum atomic E-state index is 0.0227. The summed E-state index contributed by atoms with van der Waals surface area (Å²) in [6, 6.07) is 0.729. The Bertz CT molecular complexity index is 381. The van der Waals surface area contributed by atoms with E-state index in [2.05, 4.69) is 27.2 Å². The molecule has 0 spiro atoms. The molecule has 0 radical (unpaired) electrons. The molecule has 88 valence electrons. The third-order valence-corrected chi connectivity index (χ3v) is 2.40. The third kappa shape index (κ3) is 2.71. The maximum Gasteiger partial charge on any atom is 0.323 e. The highest BCUT2D eigenvalue weighted by atomic mass is 16.5. The van der Waals surface area contributed by atoms with Gasteiger partial charge >= 0.3 is 6.01 Å². The fourth-order valence-corrected chi connectivity index (χ4v) is 1.39. The molecule has 1 aliphatic rings. The quantitative estimate of drug-likeness (QED) is 0.793. The Hall–Kier alpha value is -1.59. The SMILES string of the molecule is CC(C)Oc1nc(N)nc(NC2CC2C)n1. The van der Waals surface area contributed by atoms with Gasteiger partial charge in [-0.1, -0.05) is 6.92 Å². The molecule has 6 nitrogen and oxygen atoms in total. The predicted octanol–water partition coefficient (Wildman–Crippen LogP) is 1.06. The van der Waals surface area contributed by atoms with E-state index in [-0.39, 0.29) is 18.1 Å². The molecule has 0 saturated heterocycles. The number of rotatable bonds is 4. The number of aromatic nitrogens is 3. The summed E-state index contributed by atoms with van der Waals surface area (Å²) in [6.45, 7) is 6.00. The summed E-state index contributed by atoms with van der Waals surface area (Å²) in [4.78, 5) is 12.1. The van der Waals surface area contributed by atoms with Crippen LogP contribution in [0, 0.1) is 5.92 Å². The summed E-state index contributed by atoms with van der Waals surface area (Å²) >= 11 is 0. The third-order valence-electron chi connectivity index (χ3n) is 2.40. The number of hydrogen-bond acceptors (Lipinski definition) is 6. The Labute approximate surface area is 94.6 Å². The summed E-state index contributed by atoms with van der Waals surface area (Å²) in [5, 5.41) is 3.20. The van der Waals surface area contributed by atoms with E-state index in [4.69, 9.17) is 10.5 Å². The van der Waals surface area contributed by atoms with E-state index in [1.165, 1.54) is 0 Å². The van der Waals surface area contributed by atoms with Gasteiger partial charge in [-0.25, -0.2) is 0 Å². The minimum absolute atomic E-state index is 0.0227. The molecule has 1 aromatic rings. The number of nitrogens with zero attached hydrogens (tertiary/aromatic N) is 3. The van der Waals surface area contributed by atoms with Crippen LogP contribution in [0.1, 0.15) is 27.2 Å². The molecule has 0 bridgehead atoms. The van der Waals surface area contributed by atoms with Crippen molar-refractivity contribution in [2.24, 2.45) is 5.92 Å². The van der Waals surface area contributed by atoms with E-state index in [9.17, 15) is 0 Å². The van der Waals surface area contributed by atoms with Crippen LogP contribution in [0.4, 0.5) is 11.9 Å². The monoisotopic (exact) mass is 223 g/mol. The molecule has 0 aliphatic heterocycles. The summed E-state index contributed by atoms with van der Waals surface area (Å²) in [5.74, 6) is 1.35. The number of hydrogen-bond donors (Lipinski definition) is 2. The van der Waals surface area contributed by atoms with Crippen LogP contribution in [0.15, 0.2) is 0 Å². The molecule has 3 N–H and O–H groups in total. The van der Waals surface area contributed by atoms with Gasteiger partial charge in [0, 0.05) is 6.04 Å². The Morgan fingerprint density at radius 3 is 2.62 bits per heavy atom. The van der Waals surface area contributed by atoms with Crippen molar-refractivity contribution in [2.45, 2.75) is 39.3 Å². The molecule has 1 heterocycles. The van der Waals surface area contributed by atoms with Gasteiger partial charge in [-0.15, -0.1) is 0 Å². The molecular formula is C10H17N5O. The van der Waals surface area contributed by atoms with E-state index >= 15 is 0 Å². The molecule has 1 aliphatic carbocycles. The first-order valence-corrected chi connectivity index (χ1v) is 5.49. The number of nitrogens with one attached hydrogen (secondary N) is 1. The van der Waals surface area contributed by atoms with Crippen molar-refractivity contribution in [3.05, 3.63) is 0 Å². The lowest BCUT2D eigenvalue weighted by molar-refractivity contribution is 0.222. The summed E-state index contributed by atoms with van der Waals surface area (Å²) in [7, 11) is 0. The van der Waals surface area contributed by atoms with Crippen LogP contribution in [-0.4, -0.2) is 27.1 Å². The van der Waals surface area contributed by atoms with Gasteiger partial charge in [0.2, 0.25) is 11.9 Å². The van der Waals surface area contributed by atoms with Crippen molar-refractivity contribution in [3.8, 4) is 6.01 Å². The fourth-order valence-electron chi connectivity index (χ4n) is 1.39. The molecule has 1 aromatic heterocycles. The largest absolute Gasteiger partial charge is 0.461 e. The highest BCUT2D eigenvalue weighted by Crippen LogP contribution is 2.31. The van der Waals surface area contributed by atoms with Crippen molar-refractivity contribution in [1.82, 2.24) is 15.0 Å². The van der Waals surface area contributed by atoms with Gasteiger partial charge in [0.25, 0.3) is 0 Å².